The van der Waals surface area contributed by atoms with Gasteiger partial charge >= 0.3 is 12.4 Å². The number of nitrogens with zero attached hydrogens (tertiary/aromatic N) is 2. The number of carbonyl (C=O) groups is 2. The first-order chi connectivity index (χ1) is 15.2. The van der Waals surface area contributed by atoms with Crippen molar-refractivity contribution in [1.82, 2.24) is 0 Å². The lowest BCUT2D eigenvalue weighted by molar-refractivity contribution is -0.125. The highest BCUT2D eigenvalue weighted by Crippen LogP contribution is 2.44. The second kappa shape index (κ2) is 9.20. The molecule has 0 aromatic heterocycles. The molecule has 0 bridgehead atoms. The van der Waals surface area contributed by atoms with Gasteiger partial charge in [0.15, 0.2) is 6.10 Å². The zero-order chi connectivity index (χ0) is 21.6. The molecule has 0 radical (unpaired) electrons. The first kappa shape index (κ1) is 20.3. The third kappa shape index (κ3) is 4.44. The third-order valence-electron chi connectivity index (χ3n) is 5.34. The maximum absolute atomic E-state index is 12.4. The Morgan fingerprint density at radius 2 is 1.48 bits per heavy atom. The van der Waals surface area contributed by atoms with E-state index in [1.54, 1.807) is 0 Å². The summed E-state index contributed by atoms with van der Waals surface area (Å²) in [6, 6.07) is 25.2. The second-order valence-corrected chi connectivity index (χ2v) is 7.23. The highest BCUT2D eigenvalue weighted by atomic mass is 16.7. The van der Waals surface area contributed by atoms with E-state index in [-0.39, 0.29) is 18.9 Å². The minimum Gasteiger partial charge on any atom is -0.433 e. The standard InChI is InChI=1S/C25H20N2O4/c26-27-15-23(28)24(14-17-8-2-1-3-9-17)31-25(29)30-16-22-20-12-6-4-10-18(20)19-11-5-7-13-21(19)22/h1-13,15,22,24H,14,16H2/t24-/m0/s1. The molecule has 6 nitrogen and oxygen atoms in total. The molecule has 6 heteroatoms. The Morgan fingerprint density at radius 1 is 0.903 bits per heavy atom. The van der Waals surface area contributed by atoms with Gasteiger partial charge in [-0.25, -0.2) is 4.79 Å². The van der Waals surface area contributed by atoms with E-state index >= 15 is 0 Å². The molecule has 0 heterocycles. The second-order valence-electron chi connectivity index (χ2n) is 7.23. The number of carbonyl (C=O) groups excluding carboxylic acids is 2. The number of benzene rings is 3. The van der Waals surface area contributed by atoms with Crippen molar-refractivity contribution in [2.45, 2.75) is 18.4 Å². The van der Waals surface area contributed by atoms with Crippen LogP contribution in [0.5, 0.6) is 0 Å². The van der Waals surface area contributed by atoms with Crippen molar-refractivity contribution in [2.24, 2.45) is 0 Å². The Morgan fingerprint density at radius 3 is 2.10 bits per heavy atom. The van der Waals surface area contributed by atoms with E-state index < -0.39 is 18.0 Å². The molecule has 0 unspecified atom stereocenters. The van der Waals surface area contributed by atoms with Crippen LogP contribution in [0.1, 0.15) is 22.6 Å². The van der Waals surface area contributed by atoms with Crippen LogP contribution in [0.3, 0.4) is 0 Å². The van der Waals surface area contributed by atoms with E-state index in [2.05, 4.69) is 16.9 Å². The SMILES string of the molecule is [N-]=[N+]=CC(=O)[C@H](Cc1ccccc1)OC(=O)OCC1c2ccccc2-c2ccccc21. The highest BCUT2D eigenvalue weighted by Gasteiger charge is 2.30. The minimum atomic E-state index is -1.14. The maximum Gasteiger partial charge on any atom is 0.509 e. The lowest BCUT2D eigenvalue weighted by Crippen LogP contribution is -2.31. The summed E-state index contributed by atoms with van der Waals surface area (Å²) in [4.78, 5) is 27.4. The lowest BCUT2D eigenvalue weighted by atomic mass is 9.98. The van der Waals surface area contributed by atoms with Crippen LogP contribution < -0.4 is 0 Å². The van der Waals surface area contributed by atoms with E-state index in [4.69, 9.17) is 15.0 Å². The molecule has 0 saturated carbocycles. The van der Waals surface area contributed by atoms with E-state index in [1.165, 1.54) is 0 Å². The molecule has 0 N–H and O–H groups in total. The fourth-order valence-corrected chi connectivity index (χ4v) is 3.91. The smallest absolute Gasteiger partial charge is 0.433 e. The molecule has 4 rings (SSSR count). The average Bonchev–Trinajstić information content (AvgIpc) is 3.12. The monoisotopic (exact) mass is 412 g/mol. The Balaban J connectivity index is 1.46. The first-order valence-corrected chi connectivity index (χ1v) is 9.94. The number of ether oxygens (including phenoxy) is 2. The molecule has 0 aliphatic heterocycles. The molecule has 3 aromatic rings. The molecular formula is C25H20N2O4. The number of rotatable bonds is 7. The van der Waals surface area contributed by atoms with Gasteiger partial charge in [0.2, 0.25) is 0 Å². The van der Waals surface area contributed by atoms with Crippen LogP contribution in [-0.2, 0) is 20.7 Å². The summed E-state index contributed by atoms with van der Waals surface area (Å²) in [6.45, 7) is 0.0905. The zero-order valence-electron chi connectivity index (χ0n) is 16.7. The Labute approximate surface area is 179 Å². The molecule has 31 heavy (non-hydrogen) atoms. The molecule has 0 saturated heterocycles. The van der Waals surface area contributed by atoms with Gasteiger partial charge in [0.1, 0.15) is 6.61 Å². The van der Waals surface area contributed by atoms with Gasteiger partial charge in [0.25, 0.3) is 5.78 Å². The number of ketones is 1. The molecule has 0 amide bonds. The van der Waals surface area contributed by atoms with Gasteiger partial charge < -0.3 is 15.0 Å². The summed E-state index contributed by atoms with van der Waals surface area (Å²) >= 11 is 0. The number of fused-ring (bicyclic) bond motifs is 3. The Hall–Kier alpha value is -4.02. The van der Waals surface area contributed by atoms with Crippen molar-refractivity contribution in [2.75, 3.05) is 6.61 Å². The topological polar surface area (TPSA) is 89.0 Å². The van der Waals surface area contributed by atoms with Gasteiger partial charge in [-0.1, -0.05) is 78.9 Å². The largest absolute Gasteiger partial charge is 0.509 e. The lowest BCUT2D eigenvalue weighted by Gasteiger charge is -2.17. The quantitative estimate of drug-likeness (QED) is 0.248. The van der Waals surface area contributed by atoms with Gasteiger partial charge in [-0.15, -0.1) is 0 Å². The first-order valence-electron chi connectivity index (χ1n) is 9.94. The van der Waals surface area contributed by atoms with Crippen LogP contribution in [0.4, 0.5) is 4.79 Å². The zero-order valence-corrected chi connectivity index (χ0v) is 16.7. The number of hydrogen-bond donors (Lipinski definition) is 0. The van der Waals surface area contributed by atoms with Crippen LogP contribution in [0.2, 0.25) is 0 Å². The molecule has 1 atom stereocenters. The summed E-state index contributed by atoms with van der Waals surface area (Å²) in [5.74, 6) is -0.734. The van der Waals surface area contributed by atoms with Gasteiger partial charge in [-0.3, -0.25) is 4.79 Å². The van der Waals surface area contributed by atoms with E-state index in [1.807, 2.05) is 66.7 Å². The number of Topliss-reactive ketones (excluding diaryl/α,β-unsaturated/α-hetero) is 1. The average molecular weight is 412 g/mol. The van der Waals surface area contributed by atoms with Crippen molar-refractivity contribution < 1.29 is 23.9 Å². The van der Waals surface area contributed by atoms with Crippen LogP contribution in [-0.4, -0.2) is 35.7 Å². The molecule has 0 fully saturated rings. The minimum absolute atomic E-state index is 0.0905. The molecule has 0 spiro atoms. The molecule has 1 aliphatic carbocycles. The highest BCUT2D eigenvalue weighted by molar-refractivity contribution is 6.27. The van der Waals surface area contributed by atoms with Gasteiger partial charge in [-0.2, -0.15) is 4.79 Å². The van der Waals surface area contributed by atoms with E-state index in [0.717, 1.165) is 34.0 Å². The van der Waals surface area contributed by atoms with Crippen LogP contribution in [0.25, 0.3) is 16.7 Å². The fourth-order valence-electron chi connectivity index (χ4n) is 3.91. The molecule has 1 aliphatic rings. The van der Waals surface area contributed by atoms with Gasteiger partial charge in [0.05, 0.1) is 0 Å². The summed E-state index contributed by atoms with van der Waals surface area (Å²) < 4.78 is 10.7. The summed E-state index contributed by atoms with van der Waals surface area (Å²) in [5.41, 5.74) is 13.9. The Kier molecular flexibility index (Phi) is 6.01. The summed E-state index contributed by atoms with van der Waals surface area (Å²) in [7, 11) is 0. The van der Waals surface area contributed by atoms with Crippen LogP contribution in [0, 0.1) is 0 Å². The maximum atomic E-state index is 12.4. The van der Waals surface area contributed by atoms with Crippen molar-refractivity contribution >= 4 is 18.2 Å². The number of hydrogen-bond acceptors (Lipinski definition) is 4. The Bertz CT molecular complexity index is 1110. The van der Waals surface area contributed by atoms with Gasteiger partial charge in [-0.05, 0) is 27.8 Å². The van der Waals surface area contributed by atoms with E-state index in [9.17, 15) is 9.59 Å². The molecule has 3 aromatic carbocycles. The van der Waals surface area contributed by atoms with Crippen LogP contribution >= 0.6 is 0 Å². The summed E-state index contributed by atoms with van der Waals surface area (Å²) in [6.07, 6.45) is -1.21. The van der Waals surface area contributed by atoms with Gasteiger partial charge in [0, 0.05) is 12.3 Å². The molecular weight excluding hydrogens is 392 g/mol. The van der Waals surface area contributed by atoms with Crippen molar-refractivity contribution in [3.05, 3.63) is 101 Å². The normalized spacial score (nSPS) is 12.8. The fraction of sp³-hybridized carbons (Fsp3) is 0.160. The predicted octanol–water partition coefficient (Wildman–Crippen LogP) is 4.43. The summed E-state index contributed by atoms with van der Waals surface area (Å²) in [5, 5.41) is 0. The van der Waals surface area contributed by atoms with Crippen LogP contribution in [0.15, 0.2) is 78.9 Å². The molecule has 154 valence electrons. The van der Waals surface area contributed by atoms with Crippen molar-refractivity contribution in [3.63, 3.8) is 0 Å². The van der Waals surface area contributed by atoms with E-state index in [0.29, 0.717) is 0 Å². The van der Waals surface area contributed by atoms with Crippen molar-refractivity contribution in [1.29, 1.82) is 0 Å². The predicted molar refractivity (Wildman–Crippen MR) is 115 cm³/mol. The van der Waals surface area contributed by atoms with Crippen molar-refractivity contribution in [3.8, 4) is 11.1 Å². The third-order valence-corrected chi connectivity index (χ3v) is 5.34.